The van der Waals surface area contributed by atoms with Crippen molar-refractivity contribution in [2.75, 3.05) is 5.32 Å². The van der Waals surface area contributed by atoms with Gasteiger partial charge in [-0.05, 0) is 48.6 Å². The maximum Gasteiger partial charge on any atom is 0.419 e. The highest BCUT2D eigenvalue weighted by molar-refractivity contribution is 6.32. The van der Waals surface area contributed by atoms with Gasteiger partial charge in [0.05, 0.1) is 22.8 Å². The van der Waals surface area contributed by atoms with E-state index in [1.54, 1.807) is 31.3 Å². The Kier molecular flexibility index (Phi) is 4.66. The third-order valence-electron chi connectivity index (χ3n) is 5.69. The summed E-state index contributed by atoms with van der Waals surface area (Å²) in [6.45, 7) is 1.71. The predicted molar refractivity (Wildman–Crippen MR) is 104 cm³/mol. The Hall–Kier alpha value is -2.45. The average Bonchev–Trinajstić information content (AvgIpc) is 3.13. The molecule has 3 aromatic rings. The third kappa shape index (κ3) is 3.11. The lowest BCUT2D eigenvalue weighted by Gasteiger charge is -2.45. The molecule has 0 fully saturated rings. The number of hydrogen-bond acceptors (Lipinski definition) is 4. The van der Waals surface area contributed by atoms with E-state index < -0.39 is 30.2 Å². The maximum atomic E-state index is 14.1. The van der Waals surface area contributed by atoms with Crippen LogP contribution in [0.25, 0.3) is 10.9 Å². The molecule has 1 aliphatic rings. The minimum absolute atomic E-state index is 0.0678. The molecule has 0 spiro atoms. The molecule has 0 saturated carbocycles. The van der Waals surface area contributed by atoms with Crippen molar-refractivity contribution >= 4 is 28.2 Å². The Bertz CT molecular complexity index is 1070. The molecule has 1 aromatic heterocycles. The summed E-state index contributed by atoms with van der Waals surface area (Å²) in [7, 11) is 0. The fraction of sp³-hybridized carbons (Fsp3) is 0.350. The zero-order chi connectivity index (χ0) is 21.0. The normalized spacial score (nSPS) is 24.5. The number of halogens is 4. The molecule has 154 valence electrons. The largest absolute Gasteiger partial charge is 0.506 e. The molecule has 0 aliphatic heterocycles. The van der Waals surface area contributed by atoms with Crippen LogP contribution in [0, 0.1) is 0 Å². The van der Waals surface area contributed by atoms with E-state index in [0.29, 0.717) is 23.1 Å². The summed E-state index contributed by atoms with van der Waals surface area (Å²) in [5.74, 6) is -0.929. The van der Waals surface area contributed by atoms with Crippen LogP contribution in [0.3, 0.4) is 0 Å². The lowest BCUT2D eigenvalue weighted by atomic mass is 9.69. The van der Waals surface area contributed by atoms with Crippen LogP contribution in [0.15, 0.2) is 36.5 Å². The van der Waals surface area contributed by atoms with E-state index in [2.05, 4.69) is 15.5 Å². The van der Waals surface area contributed by atoms with Crippen LogP contribution >= 0.6 is 11.6 Å². The second kappa shape index (κ2) is 6.81. The van der Waals surface area contributed by atoms with Gasteiger partial charge >= 0.3 is 6.18 Å². The Morgan fingerprint density at radius 2 is 2.07 bits per heavy atom. The second-order valence-electron chi connectivity index (χ2n) is 7.38. The zero-order valence-corrected chi connectivity index (χ0v) is 16.1. The maximum absolute atomic E-state index is 14.1. The minimum atomic E-state index is -4.88. The summed E-state index contributed by atoms with van der Waals surface area (Å²) in [6.07, 6.45) is -3.60. The zero-order valence-electron chi connectivity index (χ0n) is 15.4. The number of H-pyrrole nitrogens is 1. The Morgan fingerprint density at radius 3 is 2.76 bits per heavy atom. The number of nitrogens with one attached hydrogen (secondary N) is 2. The van der Waals surface area contributed by atoms with E-state index in [1.165, 1.54) is 12.1 Å². The van der Waals surface area contributed by atoms with Gasteiger partial charge in [0.25, 0.3) is 0 Å². The van der Waals surface area contributed by atoms with Gasteiger partial charge in [0, 0.05) is 16.6 Å². The molecule has 4 rings (SSSR count). The molecule has 0 bridgehead atoms. The van der Waals surface area contributed by atoms with Gasteiger partial charge in [-0.25, -0.2) is 0 Å². The number of nitrogens with zero attached hydrogens (tertiary/aromatic N) is 1. The topological polar surface area (TPSA) is 81.2 Å². The highest BCUT2D eigenvalue weighted by Gasteiger charge is 2.62. The van der Waals surface area contributed by atoms with Crippen LogP contribution in [0.2, 0.25) is 5.02 Å². The number of aromatic amines is 1. The van der Waals surface area contributed by atoms with Crippen LogP contribution in [-0.4, -0.2) is 32.2 Å². The van der Waals surface area contributed by atoms with Crippen LogP contribution in [0.1, 0.15) is 42.9 Å². The first-order valence-electron chi connectivity index (χ1n) is 9.15. The fourth-order valence-corrected chi connectivity index (χ4v) is 4.32. The molecule has 5 nitrogen and oxygen atoms in total. The predicted octanol–water partition coefficient (Wildman–Crippen LogP) is 5.27. The summed E-state index contributed by atoms with van der Waals surface area (Å²) in [5, 5.41) is 31.7. The van der Waals surface area contributed by atoms with Crippen LogP contribution in [-0.2, 0) is 0 Å². The highest BCUT2D eigenvalue weighted by Crippen LogP contribution is 2.55. The van der Waals surface area contributed by atoms with Gasteiger partial charge < -0.3 is 15.5 Å². The van der Waals surface area contributed by atoms with Crippen molar-refractivity contribution < 1.29 is 23.4 Å². The van der Waals surface area contributed by atoms with Gasteiger partial charge in [0.15, 0.2) is 5.60 Å². The molecule has 29 heavy (non-hydrogen) atoms. The van der Waals surface area contributed by atoms with Crippen molar-refractivity contribution in [3.05, 3.63) is 52.7 Å². The molecule has 9 heteroatoms. The number of aliphatic hydroxyl groups is 1. The minimum Gasteiger partial charge on any atom is -0.506 e. The monoisotopic (exact) mass is 425 g/mol. The number of aromatic nitrogens is 2. The number of rotatable bonds is 3. The molecule has 0 amide bonds. The van der Waals surface area contributed by atoms with E-state index in [-0.39, 0.29) is 16.3 Å². The van der Waals surface area contributed by atoms with Gasteiger partial charge in [0.1, 0.15) is 5.75 Å². The molecule has 1 heterocycles. The van der Waals surface area contributed by atoms with Gasteiger partial charge in [0.2, 0.25) is 0 Å². The lowest BCUT2D eigenvalue weighted by Crippen LogP contribution is -2.55. The van der Waals surface area contributed by atoms with E-state index >= 15 is 0 Å². The summed E-state index contributed by atoms with van der Waals surface area (Å²) in [5.41, 5.74) is -1.37. The molecular weight excluding hydrogens is 407 g/mol. The van der Waals surface area contributed by atoms with Crippen molar-refractivity contribution in [1.29, 1.82) is 0 Å². The molecular formula is C20H19ClF3N3O2. The van der Waals surface area contributed by atoms with Crippen molar-refractivity contribution in [3.8, 4) is 5.75 Å². The molecule has 1 aliphatic carbocycles. The van der Waals surface area contributed by atoms with Crippen LogP contribution in [0.5, 0.6) is 5.75 Å². The summed E-state index contributed by atoms with van der Waals surface area (Å²) in [4.78, 5) is 0. The van der Waals surface area contributed by atoms with Crippen molar-refractivity contribution in [2.45, 2.75) is 43.5 Å². The summed E-state index contributed by atoms with van der Waals surface area (Å²) in [6, 6.07) is 6.21. The number of aromatic hydroxyl groups is 1. The summed E-state index contributed by atoms with van der Waals surface area (Å²) < 4.78 is 42.2. The second-order valence-corrected chi connectivity index (χ2v) is 7.79. The number of alkyl halides is 3. The van der Waals surface area contributed by atoms with E-state index in [1.807, 2.05) is 0 Å². The Balaban J connectivity index is 1.88. The Labute approximate surface area is 169 Å². The van der Waals surface area contributed by atoms with Crippen LogP contribution in [0.4, 0.5) is 18.9 Å². The molecule has 3 atom stereocenters. The number of fused-ring (bicyclic) bond motifs is 2. The van der Waals surface area contributed by atoms with E-state index in [0.717, 1.165) is 5.52 Å². The smallest absolute Gasteiger partial charge is 0.419 e. The number of phenols is 1. The molecule has 0 saturated heterocycles. The van der Waals surface area contributed by atoms with Crippen molar-refractivity contribution in [3.63, 3.8) is 0 Å². The van der Waals surface area contributed by atoms with Gasteiger partial charge in [-0.2, -0.15) is 18.3 Å². The molecule has 4 N–H and O–H groups in total. The Morgan fingerprint density at radius 1 is 1.31 bits per heavy atom. The third-order valence-corrected chi connectivity index (χ3v) is 6.00. The summed E-state index contributed by atoms with van der Waals surface area (Å²) >= 11 is 6.02. The van der Waals surface area contributed by atoms with Crippen molar-refractivity contribution in [1.82, 2.24) is 10.2 Å². The standard InChI is InChI=1S/C20H19ClF3N3O2/c1-2-10-8-19(29,20(22,23)24)18(13-4-5-14(21)17(28)16(10)13)26-12-3-6-15-11(7-12)9-25-27-15/h3-7,9-10,18,26,28-29H,2,8H2,1H3,(H,25,27). The first-order chi connectivity index (χ1) is 13.7. The van der Waals surface area contributed by atoms with Crippen LogP contribution < -0.4 is 5.32 Å². The molecule has 0 radical (unpaired) electrons. The quantitative estimate of drug-likeness (QED) is 0.461. The number of phenolic OH excluding ortho intramolecular Hbond substituents is 1. The number of anilines is 1. The van der Waals surface area contributed by atoms with Gasteiger partial charge in [-0.15, -0.1) is 0 Å². The first-order valence-corrected chi connectivity index (χ1v) is 9.53. The van der Waals surface area contributed by atoms with Gasteiger partial charge in [-0.1, -0.05) is 24.6 Å². The molecule has 3 unspecified atom stereocenters. The highest BCUT2D eigenvalue weighted by atomic mass is 35.5. The van der Waals surface area contributed by atoms with Gasteiger partial charge in [-0.3, -0.25) is 5.10 Å². The number of benzene rings is 2. The lowest BCUT2D eigenvalue weighted by molar-refractivity contribution is -0.272. The van der Waals surface area contributed by atoms with E-state index in [4.69, 9.17) is 11.6 Å². The molecule has 2 aromatic carbocycles. The fourth-order valence-electron chi connectivity index (χ4n) is 4.15. The SMILES string of the molecule is CCC1CC(O)(C(F)(F)F)C(Nc2ccc3[nH]ncc3c2)c2ccc(Cl)c(O)c21. The van der Waals surface area contributed by atoms with Crippen molar-refractivity contribution in [2.24, 2.45) is 0 Å². The van der Waals surface area contributed by atoms with E-state index in [9.17, 15) is 23.4 Å². The number of hydrogen-bond donors (Lipinski definition) is 4. The average molecular weight is 426 g/mol. The first kappa shape index (κ1) is 19.8.